The van der Waals surface area contributed by atoms with Gasteiger partial charge in [-0.3, -0.25) is 0 Å². The first-order chi connectivity index (χ1) is 4.77. The molecule has 0 saturated carbocycles. The van der Waals surface area contributed by atoms with Gasteiger partial charge in [0.25, 0.3) is 0 Å². The van der Waals surface area contributed by atoms with Crippen molar-refractivity contribution in [3.63, 3.8) is 0 Å². The van der Waals surface area contributed by atoms with Gasteiger partial charge in [-0.2, -0.15) is 0 Å². The predicted molar refractivity (Wildman–Crippen MR) is 47.0 cm³/mol. The third kappa shape index (κ3) is 14.1. The zero-order valence-corrected chi connectivity index (χ0v) is 11.1. The second-order valence-corrected chi connectivity index (χ2v) is 3.30. The molecule has 60 valence electrons. The number of rotatable bonds is 6. The Labute approximate surface area is 104 Å². The zero-order valence-electron chi connectivity index (χ0n) is 6.94. The van der Waals surface area contributed by atoms with Crippen LogP contribution in [0.25, 0.3) is 0 Å². The molecule has 0 fully saturated rings. The number of carbonyl (C=O) groups is 1. The van der Waals surface area contributed by atoms with Crippen LogP contribution in [-0.2, 0) is 4.79 Å². The van der Waals surface area contributed by atoms with Gasteiger partial charge in [-0.15, -0.1) is 0 Å². The Morgan fingerprint density at radius 1 is 1.18 bits per heavy atom. The molecule has 2 nitrogen and oxygen atoms in total. The first kappa shape index (κ1) is 14.7. The van der Waals surface area contributed by atoms with Gasteiger partial charge in [-0.1, -0.05) is 35.4 Å². The van der Waals surface area contributed by atoms with Crippen LogP contribution in [-0.4, -0.2) is 10.4 Å². The summed E-state index contributed by atoms with van der Waals surface area (Å²) in [5, 5.41) is 9.92. The summed E-state index contributed by atoms with van der Waals surface area (Å²) in [5.41, 5.74) is 0. The Hall–Kier alpha value is 1.20. The fourth-order valence-corrected chi connectivity index (χ4v) is 1.26. The summed E-state index contributed by atoms with van der Waals surface area (Å²) < 4.78 is 1.17. The van der Waals surface area contributed by atoms with Crippen LogP contribution in [0.1, 0.15) is 32.1 Å². The Morgan fingerprint density at radius 3 is 2.18 bits per heavy atom. The number of hydrogen-bond donors (Lipinski definition) is 0. The summed E-state index contributed by atoms with van der Waals surface area (Å²) in [5.74, 6) is -0.922. The Bertz CT molecular complexity index is 98.4. The predicted octanol–water partition coefficient (Wildman–Crippen LogP) is -1.87. The minimum Gasteiger partial charge on any atom is -0.550 e. The van der Waals surface area contributed by atoms with Crippen molar-refractivity contribution in [2.24, 2.45) is 0 Å². The number of halogens is 1. The van der Waals surface area contributed by atoms with Crippen LogP contribution in [0.4, 0.5) is 0 Å². The Balaban J connectivity index is 0. The summed E-state index contributed by atoms with van der Waals surface area (Å²) in [7, 11) is 0. The molecule has 11 heavy (non-hydrogen) atoms. The van der Waals surface area contributed by atoms with Crippen LogP contribution in [0.5, 0.6) is 0 Å². The van der Waals surface area contributed by atoms with Gasteiger partial charge in [0.1, 0.15) is 0 Å². The van der Waals surface area contributed by atoms with Gasteiger partial charge in [0.15, 0.2) is 0 Å². The third-order valence-corrected chi connectivity index (χ3v) is 2.03. The monoisotopic (exact) mass is 278 g/mol. The van der Waals surface area contributed by atoms with Crippen molar-refractivity contribution in [1.82, 2.24) is 0 Å². The van der Waals surface area contributed by atoms with Crippen LogP contribution >= 0.6 is 22.6 Å². The van der Waals surface area contributed by atoms with Gasteiger partial charge >= 0.3 is 29.6 Å². The summed E-state index contributed by atoms with van der Waals surface area (Å²) in [4.78, 5) is 9.92. The Morgan fingerprint density at radius 2 is 1.73 bits per heavy atom. The summed E-state index contributed by atoms with van der Waals surface area (Å²) in [6, 6.07) is 0. The molecule has 0 heterocycles. The standard InChI is InChI=1S/C7H13IO2.Na/c8-6-4-2-1-3-5-7(9)10;/h1-6H2,(H,9,10);/q;+1/p-1. The number of carboxylic acids is 1. The molecule has 0 rings (SSSR count). The fourth-order valence-electron chi connectivity index (χ4n) is 0.717. The van der Waals surface area contributed by atoms with Gasteiger partial charge in [0, 0.05) is 5.97 Å². The second-order valence-electron chi connectivity index (χ2n) is 2.23. The molecule has 0 unspecified atom stereocenters. The number of alkyl halides is 1. The van der Waals surface area contributed by atoms with Crippen LogP contribution < -0.4 is 34.7 Å². The van der Waals surface area contributed by atoms with E-state index in [0.29, 0.717) is 0 Å². The van der Waals surface area contributed by atoms with Crippen molar-refractivity contribution in [3.05, 3.63) is 0 Å². The number of hydrogen-bond acceptors (Lipinski definition) is 2. The zero-order chi connectivity index (χ0) is 7.82. The van der Waals surface area contributed by atoms with Crippen molar-refractivity contribution in [2.75, 3.05) is 4.43 Å². The quantitative estimate of drug-likeness (QED) is 0.247. The van der Waals surface area contributed by atoms with E-state index in [-0.39, 0.29) is 36.0 Å². The number of unbranched alkanes of at least 4 members (excludes halogenated alkanes) is 3. The van der Waals surface area contributed by atoms with Crippen molar-refractivity contribution in [2.45, 2.75) is 32.1 Å². The molecule has 0 spiro atoms. The van der Waals surface area contributed by atoms with E-state index in [9.17, 15) is 9.90 Å². The number of aliphatic carboxylic acids is 1. The SMILES string of the molecule is O=C([O-])CCCCCCI.[Na+]. The van der Waals surface area contributed by atoms with E-state index < -0.39 is 5.97 Å². The number of carbonyl (C=O) groups excluding carboxylic acids is 1. The fraction of sp³-hybridized carbons (Fsp3) is 0.857. The average Bonchev–Trinajstić information content (AvgIpc) is 1.87. The first-order valence-corrected chi connectivity index (χ1v) is 5.05. The van der Waals surface area contributed by atoms with Crippen molar-refractivity contribution >= 4 is 28.6 Å². The van der Waals surface area contributed by atoms with E-state index >= 15 is 0 Å². The molecular weight excluding hydrogens is 266 g/mol. The van der Waals surface area contributed by atoms with E-state index in [1.165, 1.54) is 10.8 Å². The first-order valence-electron chi connectivity index (χ1n) is 3.53. The summed E-state index contributed by atoms with van der Waals surface area (Å²) in [6.07, 6.45) is 4.38. The molecule has 0 aromatic rings. The smallest absolute Gasteiger partial charge is 0.550 e. The molecule has 0 aliphatic heterocycles. The maximum absolute atomic E-state index is 9.92. The van der Waals surface area contributed by atoms with Gasteiger partial charge < -0.3 is 9.90 Å². The molecule has 0 aliphatic carbocycles. The van der Waals surface area contributed by atoms with Crippen LogP contribution in [0.3, 0.4) is 0 Å². The second kappa shape index (κ2) is 11.2. The van der Waals surface area contributed by atoms with E-state index in [2.05, 4.69) is 22.6 Å². The molecule has 0 aromatic heterocycles. The van der Waals surface area contributed by atoms with E-state index in [1.54, 1.807) is 0 Å². The molecule has 0 aromatic carbocycles. The van der Waals surface area contributed by atoms with Gasteiger partial charge in [0.05, 0.1) is 0 Å². The van der Waals surface area contributed by atoms with Crippen LogP contribution in [0.15, 0.2) is 0 Å². The molecule has 0 saturated heterocycles. The van der Waals surface area contributed by atoms with Gasteiger partial charge in [0.2, 0.25) is 0 Å². The molecule has 0 N–H and O–H groups in total. The normalized spacial score (nSPS) is 8.82. The van der Waals surface area contributed by atoms with E-state index in [1.807, 2.05) is 0 Å². The third-order valence-electron chi connectivity index (χ3n) is 1.26. The molecule has 0 bridgehead atoms. The largest absolute Gasteiger partial charge is 1.00 e. The Kier molecular flexibility index (Phi) is 15.0. The minimum absolute atomic E-state index is 0. The average molecular weight is 278 g/mol. The molecule has 0 aliphatic rings. The minimum atomic E-state index is -0.922. The topological polar surface area (TPSA) is 40.1 Å². The van der Waals surface area contributed by atoms with Crippen LogP contribution in [0.2, 0.25) is 0 Å². The maximum atomic E-state index is 9.92. The molecule has 0 atom stereocenters. The van der Waals surface area contributed by atoms with Crippen molar-refractivity contribution in [3.8, 4) is 0 Å². The summed E-state index contributed by atoms with van der Waals surface area (Å²) >= 11 is 2.32. The van der Waals surface area contributed by atoms with E-state index in [0.717, 1.165) is 19.3 Å². The van der Waals surface area contributed by atoms with Crippen LogP contribution in [0, 0.1) is 0 Å². The van der Waals surface area contributed by atoms with Gasteiger partial charge in [-0.25, -0.2) is 0 Å². The number of carboxylic acid groups (broad SMARTS) is 1. The summed E-state index contributed by atoms with van der Waals surface area (Å²) in [6.45, 7) is 0. The molecule has 0 amide bonds. The molecule has 0 radical (unpaired) electrons. The van der Waals surface area contributed by atoms with Crippen molar-refractivity contribution in [1.29, 1.82) is 0 Å². The molecule has 4 heteroatoms. The maximum Gasteiger partial charge on any atom is 1.00 e. The molecular formula is C7H12INaO2. The van der Waals surface area contributed by atoms with Crippen molar-refractivity contribution < 1.29 is 39.5 Å². The van der Waals surface area contributed by atoms with Gasteiger partial charge in [-0.05, 0) is 23.7 Å². The van der Waals surface area contributed by atoms with E-state index in [4.69, 9.17) is 0 Å².